The maximum atomic E-state index is 12.5. The molecule has 2 aliphatic carbocycles. The molecule has 3 N–H and O–H groups in total. The minimum atomic E-state index is -0.291. The molecule has 0 aromatic carbocycles. The second-order valence-corrected chi connectivity index (χ2v) is 7.27. The Hall–Kier alpha value is -1.10. The van der Waals surface area contributed by atoms with E-state index in [0.29, 0.717) is 31.5 Å². The highest BCUT2D eigenvalue weighted by atomic mass is 16.2. The average Bonchev–Trinajstić information content (AvgIpc) is 3.05. The Bertz CT molecular complexity index is 429. The first kappa shape index (κ1) is 14.8. The number of hydrogen-bond donors (Lipinski definition) is 2. The molecule has 0 aromatic heterocycles. The van der Waals surface area contributed by atoms with Crippen LogP contribution in [-0.2, 0) is 9.59 Å². The standard InChI is InChI=1S/C16H27N3O2/c1-16(10-17,12-6-7-12)18-15(21)11-8-14(20)19(9-11)13-4-2-3-5-13/h11-13H,2-10,17H2,1H3,(H,18,21). The minimum Gasteiger partial charge on any atom is -0.349 e. The molecular weight excluding hydrogens is 266 g/mol. The molecule has 5 nitrogen and oxygen atoms in total. The van der Waals surface area contributed by atoms with Gasteiger partial charge in [-0.05, 0) is 38.5 Å². The van der Waals surface area contributed by atoms with Crippen LogP contribution in [0, 0.1) is 11.8 Å². The summed E-state index contributed by atoms with van der Waals surface area (Å²) in [6.07, 6.45) is 7.27. The topological polar surface area (TPSA) is 75.4 Å². The van der Waals surface area contributed by atoms with Crippen LogP contribution in [0.3, 0.4) is 0 Å². The lowest BCUT2D eigenvalue weighted by atomic mass is 9.94. The quantitative estimate of drug-likeness (QED) is 0.794. The second kappa shape index (κ2) is 5.59. The van der Waals surface area contributed by atoms with Crippen molar-refractivity contribution < 1.29 is 9.59 Å². The van der Waals surface area contributed by atoms with Crippen molar-refractivity contribution in [1.82, 2.24) is 10.2 Å². The van der Waals surface area contributed by atoms with Gasteiger partial charge in [-0.15, -0.1) is 0 Å². The summed E-state index contributed by atoms with van der Waals surface area (Å²) in [6.45, 7) is 3.10. The predicted molar refractivity (Wildman–Crippen MR) is 80.4 cm³/mol. The van der Waals surface area contributed by atoms with Gasteiger partial charge in [0.2, 0.25) is 11.8 Å². The number of hydrogen-bond acceptors (Lipinski definition) is 3. The summed E-state index contributed by atoms with van der Waals surface area (Å²) in [6, 6.07) is 0.375. The van der Waals surface area contributed by atoms with Crippen molar-refractivity contribution in [3.05, 3.63) is 0 Å². The van der Waals surface area contributed by atoms with Gasteiger partial charge in [-0.2, -0.15) is 0 Å². The Labute approximate surface area is 126 Å². The highest BCUT2D eigenvalue weighted by Crippen LogP contribution is 2.39. The summed E-state index contributed by atoms with van der Waals surface area (Å²) in [5, 5.41) is 3.14. The molecule has 21 heavy (non-hydrogen) atoms. The maximum Gasteiger partial charge on any atom is 0.225 e. The highest BCUT2D eigenvalue weighted by molar-refractivity contribution is 5.89. The second-order valence-electron chi connectivity index (χ2n) is 7.27. The zero-order chi connectivity index (χ0) is 15.0. The van der Waals surface area contributed by atoms with E-state index in [0.717, 1.165) is 25.7 Å². The Morgan fingerprint density at radius 2 is 2.00 bits per heavy atom. The Balaban J connectivity index is 1.59. The van der Waals surface area contributed by atoms with Gasteiger partial charge in [0.25, 0.3) is 0 Å². The van der Waals surface area contributed by atoms with Crippen molar-refractivity contribution in [2.24, 2.45) is 17.6 Å². The van der Waals surface area contributed by atoms with Gasteiger partial charge in [0.1, 0.15) is 0 Å². The lowest BCUT2D eigenvalue weighted by molar-refractivity contribution is -0.130. The fraction of sp³-hybridized carbons (Fsp3) is 0.875. The fourth-order valence-corrected chi connectivity index (χ4v) is 3.90. The van der Waals surface area contributed by atoms with E-state index in [-0.39, 0.29) is 23.3 Å². The van der Waals surface area contributed by atoms with Crippen LogP contribution >= 0.6 is 0 Å². The van der Waals surface area contributed by atoms with E-state index in [1.165, 1.54) is 12.8 Å². The molecule has 0 bridgehead atoms. The number of nitrogens with one attached hydrogen (secondary N) is 1. The van der Waals surface area contributed by atoms with Gasteiger partial charge >= 0.3 is 0 Å². The molecule has 2 saturated carbocycles. The lowest BCUT2D eigenvalue weighted by Gasteiger charge is -2.31. The Morgan fingerprint density at radius 3 is 2.57 bits per heavy atom. The van der Waals surface area contributed by atoms with Crippen molar-refractivity contribution >= 4 is 11.8 Å². The normalized spacial score (nSPS) is 29.7. The number of carbonyl (C=O) groups is 2. The molecule has 3 aliphatic rings. The van der Waals surface area contributed by atoms with Gasteiger partial charge < -0.3 is 16.0 Å². The SMILES string of the molecule is CC(CN)(NC(=O)C1CC(=O)N(C2CCCC2)C1)C1CC1. The van der Waals surface area contributed by atoms with Crippen molar-refractivity contribution in [2.75, 3.05) is 13.1 Å². The fourth-order valence-electron chi connectivity index (χ4n) is 3.90. The smallest absolute Gasteiger partial charge is 0.225 e. The van der Waals surface area contributed by atoms with Crippen molar-refractivity contribution in [3.63, 3.8) is 0 Å². The van der Waals surface area contributed by atoms with Gasteiger partial charge in [0.15, 0.2) is 0 Å². The van der Waals surface area contributed by atoms with Gasteiger partial charge in [0, 0.05) is 25.6 Å². The van der Waals surface area contributed by atoms with Gasteiger partial charge in [0.05, 0.1) is 11.5 Å². The van der Waals surface area contributed by atoms with Crippen LogP contribution in [0.25, 0.3) is 0 Å². The van der Waals surface area contributed by atoms with Crippen LogP contribution < -0.4 is 11.1 Å². The summed E-state index contributed by atoms with van der Waals surface area (Å²) in [5.41, 5.74) is 5.57. The maximum absolute atomic E-state index is 12.5. The van der Waals surface area contributed by atoms with E-state index in [9.17, 15) is 9.59 Å². The van der Waals surface area contributed by atoms with Crippen LogP contribution in [0.4, 0.5) is 0 Å². The molecule has 2 unspecified atom stereocenters. The molecule has 2 atom stereocenters. The predicted octanol–water partition coefficient (Wildman–Crippen LogP) is 1.02. The zero-order valence-electron chi connectivity index (χ0n) is 12.9. The molecule has 0 spiro atoms. The van der Waals surface area contributed by atoms with E-state index in [4.69, 9.17) is 5.73 Å². The molecule has 3 fully saturated rings. The van der Waals surface area contributed by atoms with Gasteiger partial charge in [-0.25, -0.2) is 0 Å². The first-order valence-electron chi connectivity index (χ1n) is 8.35. The Kier molecular flexibility index (Phi) is 3.95. The zero-order valence-corrected chi connectivity index (χ0v) is 12.9. The van der Waals surface area contributed by atoms with E-state index < -0.39 is 0 Å². The summed E-state index contributed by atoms with van der Waals surface area (Å²) >= 11 is 0. The number of likely N-dealkylation sites (tertiary alicyclic amines) is 1. The average molecular weight is 293 g/mol. The number of amides is 2. The third-order valence-corrected chi connectivity index (χ3v) is 5.61. The molecule has 3 rings (SSSR count). The summed E-state index contributed by atoms with van der Waals surface area (Å²) in [7, 11) is 0. The van der Waals surface area contributed by atoms with E-state index >= 15 is 0 Å². The molecule has 1 saturated heterocycles. The summed E-state index contributed by atoms with van der Waals surface area (Å²) in [4.78, 5) is 26.6. The molecule has 1 heterocycles. The first-order chi connectivity index (χ1) is 10.0. The third kappa shape index (κ3) is 2.93. The van der Waals surface area contributed by atoms with Crippen LogP contribution in [0.5, 0.6) is 0 Å². The molecule has 118 valence electrons. The van der Waals surface area contributed by atoms with E-state index in [1.54, 1.807) is 0 Å². The highest BCUT2D eigenvalue weighted by Gasteiger charge is 2.44. The number of nitrogens with zero attached hydrogens (tertiary/aromatic N) is 1. The van der Waals surface area contributed by atoms with Crippen molar-refractivity contribution in [1.29, 1.82) is 0 Å². The van der Waals surface area contributed by atoms with Gasteiger partial charge in [-0.1, -0.05) is 12.8 Å². The summed E-state index contributed by atoms with van der Waals surface area (Å²) in [5.74, 6) is 0.490. The Morgan fingerprint density at radius 1 is 1.33 bits per heavy atom. The number of carbonyl (C=O) groups excluding carboxylic acids is 2. The summed E-state index contributed by atoms with van der Waals surface area (Å²) < 4.78 is 0. The molecule has 1 aliphatic heterocycles. The van der Waals surface area contributed by atoms with E-state index in [2.05, 4.69) is 5.32 Å². The van der Waals surface area contributed by atoms with Crippen molar-refractivity contribution in [2.45, 2.75) is 63.5 Å². The minimum absolute atomic E-state index is 0.0173. The molecule has 0 aromatic rings. The monoisotopic (exact) mass is 293 g/mol. The largest absolute Gasteiger partial charge is 0.349 e. The lowest BCUT2D eigenvalue weighted by Crippen LogP contribution is -2.55. The first-order valence-corrected chi connectivity index (χ1v) is 8.35. The van der Waals surface area contributed by atoms with Crippen LogP contribution in [0.15, 0.2) is 0 Å². The van der Waals surface area contributed by atoms with Crippen LogP contribution in [0.1, 0.15) is 51.9 Å². The third-order valence-electron chi connectivity index (χ3n) is 5.61. The number of rotatable bonds is 5. The van der Waals surface area contributed by atoms with E-state index in [1.807, 2.05) is 11.8 Å². The molecule has 5 heteroatoms. The molecular formula is C16H27N3O2. The molecule has 0 radical (unpaired) electrons. The van der Waals surface area contributed by atoms with Crippen molar-refractivity contribution in [3.8, 4) is 0 Å². The van der Waals surface area contributed by atoms with Crippen LogP contribution in [0.2, 0.25) is 0 Å². The van der Waals surface area contributed by atoms with Gasteiger partial charge in [-0.3, -0.25) is 9.59 Å². The number of nitrogens with two attached hydrogens (primary N) is 1. The molecule has 2 amide bonds. The van der Waals surface area contributed by atoms with Crippen LogP contribution in [-0.4, -0.2) is 41.4 Å².